The molecular weight excluding hydrogens is 768 g/mol. The van der Waals surface area contributed by atoms with Gasteiger partial charge in [0.05, 0.1) is 30.5 Å². The highest BCUT2D eigenvalue weighted by molar-refractivity contribution is 5.69. The van der Waals surface area contributed by atoms with Crippen LogP contribution in [-0.4, -0.2) is 176 Å². The third-order valence-corrected chi connectivity index (χ3v) is 12.1. The highest BCUT2D eigenvalue weighted by Crippen LogP contribution is 2.36. The normalized spacial score (nSPS) is 48.2. The van der Waals surface area contributed by atoms with Crippen LogP contribution < -0.4 is 0 Å². The number of fused-ring (bicyclic) bond motifs is 3. The molecule has 5 saturated heterocycles. The number of ether oxygens (including phenoxy) is 9. The van der Waals surface area contributed by atoms with Crippen LogP contribution in [-0.2, 0) is 47.4 Å². The molecule has 8 N–H and O–H groups in total. The Kier molecular flexibility index (Phi) is 18.4. The number of rotatable bonds is 8. The summed E-state index contributed by atoms with van der Waals surface area (Å²) in [6.45, 7) is 8.23. The summed E-state index contributed by atoms with van der Waals surface area (Å²) in [4.78, 5) is 13.3. The molecule has 0 aromatic heterocycles. The van der Waals surface area contributed by atoms with Gasteiger partial charge >= 0.3 is 5.97 Å². The summed E-state index contributed by atoms with van der Waals surface area (Å²) in [7, 11) is 0. The van der Waals surface area contributed by atoms with E-state index in [-0.39, 0.29) is 12.5 Å². The van der Waals surface area contributed by atoms with E-state index in [9.17, 15) is 45.6 Å². The van der Waals surface area contributed by atoms with E-state index < -0.39 is 129 Å². The molecule has 338 valence electrons. The summed E-state index contributed by atoms with van der Waals surface area (Å²) in [6, 6.07) is 0. The lowest BCUT2D eigenvalue weighted by molar-refractivity contribution is -0.397. The van der Waals surface area contributed by atoms with Crippen LogP contribution in [0, 0.1) is 0 Å². The molecule has 0 amide bonds. The van der Waals surface area contributed by atoms with E-state index in [2.05, 4.69) is 6.92 Å². The van der Waals surface area contributed by atoms with Crippen LogP contribution in [0.15, 0.2) is 0 Å². The highest BCUT2D eigenvalue weighted by atomic mass is 16.8. The molecule has 18 nitrogen and oxygen atoms in total. The van der Waals surface area contributed by atoms with Crippen LogP contribution in [0.1, 0.15) is 118 Å². The Labute approximate surface area is 340 Å². The fourth-order valence-electron chi connectivity index (χ4n) is 8.36. The van der Waals surface area contributed by atoms with Crippen molar-refractivity contribution in [3.63, 3.8) is 0 Å². The van der Waals surface area contributed by atoms with Crippen molar-refractivity contribution in [3.8, 4) is 0 Å². The molecule has 21 atom stereocenters. The van der Waals surface area contributed by atoms with Crippen molar-refractivity contribution >= 4 is 5.97 Å². The molecule has 0 radical (unpaired) electrons. The molecule has 0 aromatic rings. The Hall–Kier alpha value is -1.17. The van der Waals surface area contributed by atoms with E-state index >= 15 is 0 Å². The number of aliphatic hydroxyl groups is 8. The zero-order chi connectivity index (χ0) is 42.3. The largest absolute Gasteiger partial charge is 0.456 e. The van der Waals surface area contributed by atoms with Crippen molar-refractivity contribution in [3.05, 3.63) is 0 Å². The van der Waals surface area contributed by atoms with Crippen molar-refractivity contribution in [2.45, 2.75) is 247 Å². The molecule has 5 fully saturated rings. The minimum Gasteiger partial charge on any atom is -0.456 e. The van der Waals surface area contributed by atoms with Gasteiger partial charge in [-0.05, 0) is 47.0 Å². The maximum Gasteiger partial charge on any atom is 0.306 e. The predicted molar refractivity (Wildman–Crippen MR) is 200 cm³/mol. The first-order valence-electron chi connectivity index (χ1n) is 21.5. The van der Waals surface area contributed by atoms with Gasteiger partial charge in [0.25, 0.3) is 0 Å². The minimum absolute atomic E-state index is 0.0576. The number of esters is 1. The monoisotopic (exact) mass is 838 g/mol. The average Bonchev–Trinajstić information content (AvgIpc) is 3.19. The van der Waals surface area contributed by atoms with E-state index in [0.29, 0.717) is 6.42 Å². The standard InChI is InChI=1S/C40H70O18/c1-6-7-13-16-23-17-14-11-9-8-10-12-15-18-24(41)55-34-27(44)21(4)52-40(57-35-29(46)26(43)20(3)51-39(35)54-23)36(34)58-38-32(49)30(47)33(22(5)53-38)56-37-31(48)28(45)25(42)19(2)50-37/h19-23,25-40,42-49H,6-18H2,1-5H3/t19-,20-,21-,22+,23-,25+,26-,27-,28+,29+,30+,31-,32-,33+,34+,35-,36-,37+,38+,39+,40+/m1/s1. The summed E-state index contributed by atoms with van der Waals surface area (Å²) in [5.41, 5.74) is 0. The summed E-state index contributed by atoms with van der Waals surface area (Å²) < 4.78 is 54.8. The molecule has 18 heteroatoms. The van der Waals surface area contributed by atoms with Crippen LogP contribution >= 0.6 is 0 Å². The van der Waals surface area contributed by atoms with E-state index in [4.69, 9.17) is 42.6 Å². The van der Waals surface area contributed by atoms with Crippen LogP contribution in [0.2, 0.25) is 0 Å². The van der Waals surface area contributed by atoms with Crippen LogP contribution in [0.4, 0.5) is 0 Å². The first-order valence-corrected chi connectivity index (χ1v) is 21.5. The van der Waals surface area contributed by atoms with Gasteiger partial charge in [0.1, 0.15) is 61.0 Å². The zero-order valence-corrected chi connectivity index (χ0v) is 34.5. The molecule has 58 heavy (non-hydrogen) atoms. The Morgan fingerprint density at radius 1 is 0.517 bits per heavy atom. The summed E-state index contributed by atoms with van der Waals surface area (Å²) in [5, 5.41) is 87.6. The number of unbranched alkanes of at least 4 members (excludes halogenated alkanes) is 2. The third-order valence-electron chi connectivity index (χ3n) is 12.1. The number of hydrogen-bond donors (Lipinski definition) is 8. The molecule has 5 aliphatic rings. The van der Waals surface area contributed by atoms with E-state index in [1.54, 1.807) is 6.92 Å². The van der Waals surface area contributed by atoms with E-state index in [1.807, 2.05) is 0 Å². The lowest BCUT2D eigenvalue weighted by Crippen LogP contribution is -2.67. The van der Waals surface area contributed by atoms with Gasteiger partial charge < -0.3 is 83.5 Å². The van der Waals surface area contributed by atoms with Crippen molar-refractivity contribution in [2.75, 3.05) is 0 Å². The quantitative estimate of drug-likeness (QED) is 0.122. The molecule has 0 aromatic carbocycles. The lowest BCUT2D eigenvalue weighted by atomic mass is 9.96. The smallest absolute Gasteiger partial charge is 0.306 e. The topological polar surface area (TPSA) is 262 Å². The van der Waals surface area contributed by atoms with E-state index in [1.165, 1.54) is 20.8 Å². The SMILES string of the molecule is CCCCC[C@@H]1CCCCCCCCCC(=O)O[C@H]2[C@H](O)[C@@H](C)O[C@@H](O[C@H]3[C@H](O1)O[C@H](C)[C@@H](O)[C@@H]3O)[C@@H]2O[C@@H]1O[C@@H](C)[C@H](O[C@@H]2O[C@H](C)[C@H](O)[C@H](O)[C@H]2O)[C@@H](O)[C@H]1O. The lowest BCUT2D eigenvalue weighted by Gasteiger charge is -2.49. The van der Waals surface area contributed by atoms with Gasteiger partial charge in [-0.1, -0.05) is 64.7 Å². The van der Waals surface area contributed by atoms with Crippen molar-refractivity contribution < 1.29 is 88.3 Å². The second-order valence-electron chi connectivity index (χ2n) is 16.8. The van der Waals surface area contributed by atoms with Gasteiger partial charge in [-0.2, -0.15) is 0 Å². The number of carbonyl (C=O) groups is 1. The molecule has 0 aliphatic carbocycles. The van der Waals surface area contributed by atoms with Gasteiger partial charge in [-0.25, -0.2) is 0 Å². The Morgan fingerprint density at radius 2 is 1.07 bits per heavy atom. The first-order chi connectivity index (χ1) is 27.6. The van der Waals surface area contributed by atoms with E-state index in [0.717, 1.165) is 70.6 Å². The second kappa shape index (κ2) is 22.3. The predicted octanol–water partition coefficient (Wildman–Crippen LogP) is 0.410. The zero-order valence-electron chi connectivity index (χ0n) is 34.5. The van der Waals surface area contributed by atoms with Gasteiger partial charge in [0.15, 0.2) is 37.4 Å². The van der Waals surface area contributed by atoms with Gasteiger partial charge in [-0.3, -0.25) is 4.79 Å². The molecule has 5 heterocycles. The first kappa shape index (κ1) is 47.9. The number of aliphatic hydroxyl groups excluding tert-OH is 8. The highest BCUT2D eigenvalue weighted by Gasteiger charge is 2.55. The number of hydrogen-bond acceptors (Lipinski definition) is 18. The molecule has 2 bridgehead atoms. The van der Waals surface area contributed by atoms with Crippen LogP contribution in [0.3, 0.4) is 0 Å². The molecule has 0 spiro atoms. The molecule has 5 rings (SSSR count). The Balaban J connectivity index is 1.42. The Morgan fingerprint density at radius 3 is 1.76 bits per heavy atom. The van der Waals surface area contributed by atoms with Crippen LogP contribution in [0.5, 0.6) is 0 Å². The average molecular weight is 839 g/mol. The third kappa shape index (κ3) is 11.8. The Bertz CT molecular complexity index is 1230. The van der Waals surface area contributed by atoms with Crippen molar-refractivity contribution in [2.24, 2.45) is 0 Å². The fourth-order valence-corrected chi connectivity index (χ4v) is 8.36. The summed E-state index contributed by atoms with van der Waals surface area (Å²) >= 11 is 0. The molecule has 0 unspecified atom stereocenters. The summed E-state index contributed by atoms with van der Waals surface area (Å²) in [6.07, 6.45) is -17.7. The number of carbonyl (C=O) groups excluding carboxylic acids is 1. The van der Waals surface area contributed by atoms with Crippen molar-refractivity contribution in [1.29, 1.82) is 0 Å². The van der Waals surface area contributed by atoms with Crippen molar-refractivity contribution in [1.82, 2.24) is 0 Å². The van der Waals surface area contributed by atoms with Crippen LogP contribution in [0.25, 0.3) is 0 Å². The molecular formula is C40H70O18. The maximum atomic E-state index is 13.3. The van der Waals surface area contributed by atoms with Gasteiger partial charge in [0, 0.05) is 6.42 Å². The molecule has 0 saturated carbocycles. The van der Waals surface area contributed by atoms with Gasteiger partial charge in [-0.15, -0.1) is 0 Å². The maximum absolute atomic E-state index is 13.3. The second-order valence-corrected chi connectivity index (χ2v) is 16.8. The fraction of sp³-hybridized carbons (Fsp3) is 0.975. The molecule has 5 aliphatic heterocycles. The van der Waals surface area contributed by atoms with Gasteiger partial charge in [0.2, 0.25) is 0 Å². The summed E-state index contributed by atoms with van der Waals surface area (Å²) in [5.74, 6) is -0.621. The minimum atomic E-state index is -1.86.